The van der Waals surface area contributed by atoms with E-state index in [4.69, 9.17) is 10.8 Å². The summed E-state index contributed by atoms with van der Waals surface area (Å²) in [7, 11) is 1.61. The van der Waals surface area contributed by atoms with Crippen molar-refractivity contribution in [1.29, 1.82) is 0 Å². The summed E-state index contributed by atoms with van der Waals surface area (Å²) in [5, 5.41) is 8.88. The second kappa shape index (κ2) is 5.95. The van der Waals surface area contributed by atoms with Crippen molar-refractivity contribution in [2.24, 2.45) is 11.7 Å². The predicted molar refractivity (Wildman–Crippen MR) is 59.8 cm³/mol. The molecule has 4 nitrogen and oxygen atoms in total. The highest BCUT2D eigenvalue weighted by Gasteiger charge is 2.23. The van der Waals surface area contributed by atoms with Crippen LogP contribution >= 0.6 is 0 Å². The fourth-order valence-electron chi connectivity index (χ4n) is 2.38. The smallest absolute Gasteiger partial charge is 0.407 e. The third kappa shape index (κ3) is 3.70. The maximum atomic E-state index is 10.8. The Labute approximate surface area is 91.4 Å². The molecule has 0 aliphatic heterocycles. The second-order valence-corrected chi connectivity index (χ2v) is 4.52. The summed E-state index contributed by atoms with van der Waals surface area (Å²) in [6.07, 6.45) is 6.45. The Morgan fingerprint density at radius 3 is 2.53 bits per heavy atom. The van der Waals surface area contributed by atoms with Gasteiger partial charge in [0, 0.05) is 19.6 Å². The number of nitrogens with two attached hydrogens (primary N) is 1. The van der Waals surface area contributed by atoms with Gasteiger partial charge >= 0.3 is 6.09 Å². The summed E-state index contributed by atoms with van der Waals surface area (Å²) in [5.41, 5.74) is 5.62. The molecule has 0 bridgehead atoms. The van der Waals surface area contributed by atoms with Crippen molar-refractivity contribution in [2.75, 3.05) is 13.6 Å². The van der Waals surface area contributed by atoms with Crippen molar-refractivity contribution >= 4 is 6.09 Å². The van der Waals surface area contributed by atoms with E-state index in [9.17, 15) is 4.79 Å². The molecule has 1 aliphatic carbocycles. The van der Waals surface area contributed by atoms with Gasteiger partial charge in [0.05, 0.1) is 0 Å². The number of carbonyl (C=O) groups is 1. The molecule has 88 valence electrons. The van der Waals surface area contributed by atoms with E-state index < -0.39 is 6.09 Å². The van der Waals surface area contributed by atoms with E-state index >= 15 is 0 Å². The van der Waals surface area contributed by atoms with Crippen molar-refractivity contribution in [3.63, 3.8) is 0 Å². The van der Waals surface area contributed by atoms with Crippen molar-refractivity contribution < 1.29 is 9.90 Å². The Morgan fingerprint density at radius 1 is 1.47 bits per heavy atom. The van der Waals surface area contributed by atoms with Gasteiger partial charge in [0.25, 0.3) is 0 Å². The Morgan fingerprint density at radius 2 is 2.07 bits per heavy atom. The summed E-state index contributed by atoms with van der Waals surface area (Å²) in [6, 6.07) is -0.00870. The molecule has 1 rings (SSSR count). The van der Waals surface area contributed by atoms with Crippen molar-refractivity contribution in [2.45, 2.75) is 44.6 Å². The highest BCUT2D eigenvalue weighted by Crippen LogP contribution is 2.28. The largest absolute Gasteiger partial charge is 0.465 e. The van der Waals surface area contributed by atoms with E-state index in [0.717, 1.165) is 6.42 Å². The minimum Gasteiger partial charge on any atom is -0.465 e. The lowest BCUT2D eigenvalue weighted by Gasteiger charge is -2.30. The molecule has 4 heteroatoms. The number of hydrogen-bond acceptors (Lipinski definition) is 2. The lowest BCUT2D eigenvalue weighted by atomic mass is 9.84. The zero-order valence-corrected chi connectivity index (χ0v) is 9.48. The monoisotopic (exact) mass is 214 g/mol. The average molecular weight is 214 g/mol. The summed E-state index contributed by atoms with van der Waals surface area (Å²) in [4.78, 5) is 12.2. The maximum Gasteiger partial charge on any atom is 0.407 e. The number of carboxylic acid groups (broad SMARTS) is 1. The Balaban J connectivity index is 2.41. The van der Waals surface area contributed by atoms with Gasteiger partial charge in [-0.25, -0.2) is 4.79 Å². The van der Waals surface area contributed by atoms with Crippen LogP contribution in [0.3, 0.4) is 0 Å². The molecule has 0 aromatic rings. The molecule has 0 heterocycles. The molecule has 1 saturated carbocycles. The lowest BCUT2D eigenvalue weighted by molar-refractivity contribution is 0.129. The van der Waals surface area contributed by atoms with Gasteiger partial charge in [-0.15, -0.1) is 0 Å². The molecular weight excluding hydrogens is 192 g/mol. The number of rotatable bonds is 4. The Hall–Kier alpha value is -0.770. The number of amides is 1. The molecule has 0 spiro atoms. The van der Waals surface area contributed by atoms with Crippen LogP contribution in [0.5, 0.6) is 0 Å². The SMILES string of the molecule is CN(C(=O)O)[C@H](CN)CC1CCCCC1. The molecule has 1 atom stereocenters. The molecule has 1 fully saturated rings. The van der Waals surface area contributed by atoms with Gasteiger partial charge in [-0.3, -0.25) is 0 Å². The zero-order chi connectivity index (χ0) is 11.3. The standard InChI is InChI=1S/C11H22N2O2/c1-13(11(14)15)10(8-12)7-9-5-3-2-4-6-9/h9-10H,2-8,12H2,1H3,(H,14,15)/t10-/m0/s1. The van der Waals surface area contributed by atoms with Crippen LogP contribution in [-0.2, 0) is 0 Å². The summed E-state index contributed by atoms with van der Waals surface area (Å²) in [5.74, 6) is 0.675. The van der Waals surface area contributed by atoms with Crippen LogP contribution in [0, 0.1) is 5.92 Å². The van der Waals surface area contributed by atoms with Gasteiger partial charge in [-0.1, -0.05) is 32.1 Å². The first-order valence-corrected chi connectivity index (χ1v) is 5.81. The van der Waals surface area contributed by atoms with E-state index in [0.29, 0.717) is 12.5 Å². The summed E-state index contributed by atoms with van der Waals surface area (Å²) < 4.78 is 0. The topological polar surface area (TPSA) is 66.6 Å². The van der Waals surface area contributed by atoms with Crippen LogP contribution in [0.4, 0.5) is 4.79 Å². The van der Waals surface area contributed by atoms with Gasteiger partial charge < -0.3 is 15.7 Å². The minimum atomic E-state index is -0.874. The number of hydrogen-bond donors (Lipinski definition) is 2. The normalized spacial score (nSPS) is 19.9. The second-order valence-electron chi connectivity index (χ2n) is 4.52. The predicted octanol–water partition coefficient (Wildman–Crippen LogP) is 1.89. The van der Waals surface area contributed by atoms with Crippen LogP contribution < -0.4 is 5.73 Å². The quantitative estimate of drug-likeness (QED) is 0.751. The Kier molecular flexibility index (Phi) is 4.88. The molecule has 1 aliphatic rings. The van der Waals surface area contributed by atoms with Crippen LogP contribution in [-0.4, -0.2) is 35.7 Å². The van der Waals surface area contributed by atoms with E-state index in [-0.39, 0.29) is 6.04 Å². The highest BCUT2D eigenvalue weighted by molar-refractivity contribution is 5.64. The van der Waals surface area contributed by atoms with E-state index in [1.807, 2.05) is 0 Å². The third-order valence-corrected chi connectivity index (χ3v) is 3.45. The number of nitrogens with zero attached hydrogens (tertiary/aromatic N) is 1. The lowest BCUT2D eigenvalue weighted by Crippen LogP contribution is -2.42. The minimum absolute atomic E-state index is 0.00870. The molecule has 0 aromatic carbocycles. The fourth-order valence-corrected chi connectivity index (χ4v) is 2.38. The molecule has 15 heavy (non-hydrogen) atoms. The van der Waals surface area contributed by atoms with Gasteiger partial charge in [0.15, 0.2) is 0 Å². The molecule has 0 radical (unpaired) electrons. The van der Waals surface area contributed by atoms with Gasteiger partial charge in [-0.05, 0) is 12.3 Å². The van der Waals surface area contributed by atoms with Gasteiger partial charge in [0.2, 0.25) is 0 Å². The van der Waals surface area contributed by atoms with E-state index in [1.54, 1.807) is 7.05 Å². The maximum absolute atomic E-state index is 10.8. The van der Waals surface area contributed by atoms with Gasteiger partial charge in [0.1, 0.15) is 0 Å². The van der Waals surface area contributed by atoms with Crippen LogP contribution in [0.1, 0.15) is 38.5 Å². The summed E-state index contributed by atoms with van der Waals surface area (Å²) >= 11 is 0. The molecule has 0 unspecified atom stereocenters. The first-order valence-electron chi connectivity index (χ1n) is 5.81. The number of likely N-dealkylation sites (N-methyl/N-ethyl adjacent to an activating group) is 1. The van der Waals surface area contributed by atoms with Crippen LogP contribution in [0.2, 0.25) is 0 Å². The van der Waals surface area contributed by atoms with Crippen LogP contribution in [0.15, 0.2) is 0 Å². The van der Waals surface area contributed by atoms with E-state index in [1.165, 1.54) is 37.0 Å². The molecular formula is C11H22N2O2. The fraction of sp³-hybridized carbons (Fsp3) is 0.909. The molecule has 0 aromatic heterocycles. The third-order valence-electron chi connectivity index (χ3n) is 3.45. The van der Waals surface area contributed by atoms with Crippen molar-refractivity contribution in [3.8, 4) is 0 Å². The van der Waals surface area contributed by atoms with Crippen molar-refractivity contribution in [1.82, 2.24) is 4.90 Å². The first kappa shape index (κ1) is 12.3. The van der Waals surface area contributed by atoms with Gasteiger partial charge in [-0.2, -0.15) is 0 Å². The Bertz CT molecular complexity index is 203. The molecule has 3 N–H and O–H groups in total. The first-order chi connectivity index (χ1) is 7.15. The van der Waals surface area contributed by atoms with Crippen molar-refractivity contribution in [3.05, 3.63) is 0 Å². The average Bonchev–Trinajstić information content (AvgIpc) is 2.26. The zero-order valence-electron chi connectivity index (χ0n) is 9.48. The molecule has 0 saturated heterocycles. The summed E-state index contributed by atoms with van der Waals surface area (Å²) in [6.45, 7) is 0.430. The van der Waals surface area contributed by atoms with E-state index in [2.05, 4.69) is 0 Å². The highest BCUT2D eigenvalue weighted by atomic mass is 16.4. The molecule has 1 amide bonds. The van der Waals surface area contributed by atoms with Crippen LogP contribution in [0.25, 0.3) is 0 Å².